The summed E-state index contributed by atoms with van der Waals surface area (Å²) in [5.74, 6) is 1.42. The molecule has 4 heteroatoms. The van der Waals surface area contributed by atoms with Gasteiger partial charge < -0.3 is 10.1 Å². The lowest BCUT2D eigenvalue weighted by molar-refractivity contribution is 0.397. The quantitative estimate of drug-likeness (QED) is 0.915. The van der Waals surface area contributed by atoms with E-state index in [1.807, 2.05) is 6.07 Å². The summed E-state index contributed by atoms with van der Waals surface area (Å²) in [5.41, 5.74) is 2.91. The van der Waals surface area contributed by atoms with Crippen molar-refractivity contribution in [3.05, 3.63) is 47.8 Å². The number of aryl methyl sites for hydroxylation is 1. The van der Waals surface area contributed by atoms with Crippen LogP contribution in [0.5, 0.6) is 5.88 Å². The van der Waals surface area contributed by atoms with E-state index >= 15 is 0 Å². The summed E-state index contributed by atoms with van der Waals surface area (Å²) in [6.07, 6.45) is 4.82. The lowest BCUT2D eigenvalue weighted by atomic mass is 9.88. The Bertz CT molecular complexity index is 571. The first-order valence-corrected chi connectivity index (χ1v) is 6.54. The molecule has 1 heterocycles. The van der Waals surface area contributed by atoms with E-state index in [0.717, 1.165) is 25.1 Å². The summed E-state index contributed by atoms with van der Waals surface area (Å²) in [6, 6.07) is 10.9. The molecule has 1 aliphatic carbocycles. The van der Waals surface area contributed by atoms with Gasteiger partial charge in [-0.25, -0.2) is 9.97 Å². The predicted molar refractivity (Wildman–Crippen MR) is 74.5 cm³/mol. The third-order valence-electron chi connectivity index (χ3n) is 3.55. The molecule has 1 aliphatic rings. The van der Waals surface area contributed by atoms with Crippen LogP contribution in [0.2, 0.25) is 0 Å². The van der Waals surface area contributed by atoms with E-state index in [-0.39, 0.29) is 0 Å². The molecule has 0 saturated heterocycles. The average molecular weight is 255 g/mol. The maximum absolute atomic E-state index is 5.11. The Morgan fingerprint density at radius 3 is 2.89 bits per heavy atom. The second-order valence-electron chi connectivity index (χ2n) is 4.80. The van der Waals surface area contributed by atoms with Crippen LogP contribution in [0.3, 0.4) is 0 Å². The molecule has 19 heavy (non-hydrogen) atoms. The fourth-order valence-electron chi connectivity index (χ4n) is 2.56. The summed E-state index contributed by atoms with van der Waals surface area (Å²) >= 11 is 0. The highest BCUT2D eigenvalue weighted by Crippen LogP contribution is 2.23. The first-order valence-electron chi connectivity index (χ1n) is 6.54. The zero-order chi connectivity index (χ0) is 13.1. The smallest absolute Gasteiger partial charge is 0.218 e. The van der Waals surface area contributed by atoms with Crippen molar-refractivity contribution in [3.8, 4) is 5.88 Å². The summed E-state index contributed by atoms with van der Waals surface area (Å²) in [5, 5.41) is 3.47. The maximum Gasteiger partial charge on any atom is 0.218 e. The van der Waals surface area contributed by atoms with Crippen molar-refractivity contribution in [2.24, 2.45) is 0 Å². The van der Waals surface area contributed by atoms with Gasteiger partial charge in [0.2, 0.25) is 5.88 Å². The molecule has 3 rings (SSSR count). The second-order valence-corrected chi connectivity index (χ2v) is 4.80. The molecule has 1 unspecified atom stereocenters. The third kappa shape index (κ3) is 2.67. The minimum absolute atomic E-state index is 0.425. The Labute approximate surface area is 112 Å². The van der Waals surface area contributed by atoms with Gasteiger partial charge in [0.05, 0.1) is 7.11 Å². The Morgan fingerprint density at radius 1 is 1.21 bits per heavy atom. The highest BCUT2D eigenvalue weighted by molar-refractivity contribution is 5.40. The van der Waals surface area contributed by atoms with Crippen molar-refractivity contribution >= 4 is 5.82 Å². The van der Waals surface area contributed by atoms with Crippen LogP contribution in [-0.4, -0.2) is 23.1 Å². The molecule has 1 aromatic heterocycles. The molecule has 4 nitrogen and oxygen atoms in total. The number of methoxy groups -OCH3 is 1. The molecular formula is C15H17N3O. The van der Waals surface area contributed by atoms with Gasteiger partial charge >= 0.3 is 0 Å². The SMILES string of the molecule is COc1cc(NC2CCc3ccccc3C2)ncn1. The lowest BCUT2D eigenvalue weighted by Crippen LogP contribution is -2.27. The van der Waals surface area contributed by atoms with Gasteiger partial charge in [0.1, 0.15) is 12.1 Å². The number of fused-ring (bicyclic) bond motifs is 1. The highest BCUT2D eigenvalue weighted by Gasteiger charge is 2.18. The Kier molecular flexibility index (Phi) is 3.31. The number of nitrogens with one attached hydrogen (secondary N) is 1. The van der Waals surface area contributed by atoms with Gasteiger partial charge in [0.25, 0.3) is 0 Å². The number of anilines is 1. The van der Waals surface area contributed by atoms with Gasteiger partial charge in [-0.1, -0.05) is 24.3 Å². The van der Waals surface area contributed by atoms with Crippen LogP contribution in [0.25, 0.3) is 0 Å². The first-order chi connectivity index (χ1) is 9.35. The van der Waals surface area contributed by atoms with Crippen molar-refractivity contribution in [2.45, 2.75) is 25.3 Å². The first kappa shape index (κ1) is 12.0. The fraction of sp³-hybridized carbons (Fsp3) is 0.333. The van der Waals surface area contributed by atoms with Crippen molar-refractivity contribution in [3.63, 3.8) is 0 Å². The van der Waals surface area contributed by atoms with Crippen LogP contribution < -0.4 is 10.1 Å². The summed E-state index contributed by atoms with van der Waals surface area (Å²) in [6.45, 7) is 0. The monoisotopic (exact) mass is 255 g/mol. The summed E-state index contributed by atoms with van der Waals surface area (Å²) < 4.78 is 5.11. The van der Waals surface area contributed by atoms with Crippen LogP contribution in [-0.2, 0) is 12.8 Å². The van der Waals surface area contributed by atoms with Gasteiger partial charge in [-0.3, -0.25) is 0 Å². The average Bonchev–Trinajstić information content (AvgIpc) is 2.47. The molecule has 0 spiro atoms. The number of rotatable bonds is 3. The van der Waals surface area contributed by atoms with Crippen molar-refractivity contribution < 1.29 is 4.74 Å². The Morgan fingerprint density at radius 2 is 2.05 bits per heavy atom. The lowest BCUT2D eigenvalue weighted by Gasteiger charge is -2.25. The van der Waals surface area contributed by atoms with E-state index in [0.29, 0.717) is 11.9 Å². The van der Waals surface area contributed by atoms with Gasteiger partial charge in [-0.15, -0.1) is 0 Å². The molecule has 1 N–H and O–H groups in total. The molecule has 1 aromatic carbocycles. The van der Waals surface area contributed by atoms with Gasteiger partial charge in [-0.2, -0.15) is 0 Å². The zero-order valence-electron chi connectivity index (χ0n) is 11.0. The van der Waals surface area contributed by atoms with Crippen LogP contribution in [0.4, 0.5) is 5.82 Å². The van der Waals surface area contributed by atoms with Crippen LogP contribution >= 0.6 is 0 Å². The molecule has 0 amide bonds. The Hall–Kier alpha value is -2.10. The van der Waals surface area contributed by atoms with Crippen LogP contribution in [0.1, 0.15) is 17.5 Å². The van der Waals surface area contributed by atoms with Crippen LogP contribution in [0, 0.1) is 0 Å². The number of ether oxygens (including phenoxy) is 1. The number of aromatic nitrogens is 2. The minimum Gasteiger partial charge on any atom is -0.481 e. The van der Waals surface area contributed by atoms with E-state index in [2.05, 4.69) is 39.6 Å². The summed E-state index contributed by atoms with van der Waals surface area (Å²) in [7, 11) is 1.61. The number of nitrogens with zero attached hydrogens (tertiary/aromatic N) is 2. The van der Waals surface area contributed by atoms with Crippen molar-refractivity contribution in [1.29, 1.82) is 0 Å². The molecule has 0 saturated carbocycles. The van der Waals surface area contributed by atoms with E-state index in [9.17, 15) is 0 Å². The largest absolute Gasteiger partial charge is 0.481 e. The number of hydrogen-bond donors (Lipinski definition) is 1. The maximum atomic E-state index is 5.11. The molecule has 2 aromatic rings. The van der Waals surface area contributed by atoms with E-state index in [1.165, 1.54) is 17.5 Å². The topological polar surface area (TPSA) is 47.0 Å². The number of benzene rings is 1. The summed E-state index contributed by atoms with van der Waals surface area (Å²) in [4.78, 5) is 8.25. The number of hydrogen-bond acceptors (Lipinski definition) is 4. The minimum atomic E-state index is 0.425. The van der Waals surface area contributed by atoms with Crippen molar-refractivity contribution in [2.75, 3.05) is 12.4 Å². The normalized spacial score (nSPS) is 17.6. The Balaban J connectivity index is 1.71. The predicted octanol–water partition coefficient (Wildman–Crippen LogP) is 2.45. The van der Waals surface area contributed by atoms with E-state index < -0.39 is 0 Å². The zero-order valence-corrected chi connectivity index (χ0v) is 11.0. The molecule has 0 aliphatic heterocycles. The van der Waals surface area contributed by atoms with Gasteiger partial charge in [0, 0.05) is 12.1 Å². The molecular weight excluding hydrogens is 238 g/mol. The van der Waals surface area contributed by atoms with Gasteiger partial charge in [-0.05, 0) is 30.4 Å². The van der Waals surface area contributed by atoms with Crippen molar-refractivity contribution in [1.82, 2.24) is 9.97 Å². The third-order valence-corrected chi connectivity index (χ3v) is 3.55. The van der Waals surface area contributed by atoms with Gasteiger partial charge in [0.15, 0.2) is 0 Å². The van der Waals surface area contributed by atoms with E-state index in [1.54, 1.807) is 7.11 Å². The standard InChI is InChI=1S/C15H17N3O/c1-19-15-9-14(16-10-17-15)18-13-7-6-11-4-2-3-5-12(11)8-13/h2-5,9-10,13H,6-8H2,1H3,(H,16,17,18). The molecule has 98 valence electrons. The molecule has 0 bridgehead atoms. The van der Waals surface area contributed by atoms with Crippen LogP contribution in [0.15, 0.2) is 36.7 Å². The molecule has 0 radical (unpaired) electrons. The highest BCUT2D eigenvalue weighted by atomic mass is 16.5. The fourth-order valence-corrected chi connectivity index (χ4v) is 2.56. The molecule has 0 fully saturated rings. The second kappa shape index (κ2) is 5.26. The van der Waals surface area contributed by atoms with E-state index in [4.69, 9.17) is 4.74 Å². The molecule has 1 atom stereocenters.